The number of nitrogens with zero attached hydrogens (tertiary/aromatic N) is 4. The molecule has 0 aliphatic carbocycles. The molecule has 1 N–H and O–H groups in total. The van der Waals surface area contributed by atoms with Crippen molar-refractivity contribution in [1.29, 1.82) is 5.26 Å². The summed E-state index contributed by atoms with van der Waals surface area (Å²) in [6, 6.07) is 7.88. The lowest BCUT2D eigenvalue weighted by Crippen LogP contribution is -2.27. The van der Waals surface area contributed by atoms with Crippen molar-refractivity contribution in [3.63, 3.8) is 0 Å². The van der Waals surface area contributed by atoms with Crippen LogP contribution in [0.4, 0.5) is 11.5 Å². The van der Waals surface area contributed by atoms with Crippen LogP contribution in [0.5, 0.6) is 0 Å². The summed E-state index contributed by atoms with van der Waals surface area (Å²) < 4.78 is 0. The first-order chi connectivity index (χ1) is 10.1. The fourth-order valence-electron chi connectivity index (χ4n) is 2.12. The van der Waals surface area contributed by atoms with Crippen molar-refractivity contribution in [3.05, 3.63) is 39.9 Å². The highest BCUT2D eigenvalue weighted by atomic mass is 16.6. The topological polar surface area (TPSA) is 103 Å². The largest absolute Gasteiger partial charge is 0.395 e. The molecule has 0 spiro atoms. The third-order valence-corrected chi connectivity index (χ3v) is 3.19. The van der Waals surface area contributed by atoms with E-state index in [0.29, 0.717) is 35.4 Å². The second kappa shape index (κ2) is 6.15. The number of benzene rings is 1. The second-order valence-corrected chi connectivity index (χ2v) is 4.40. The zero-order valence-corrected chi connectivity index (χ0v) is 11.5. The molecular formula is C14H14N4O3. The molecule has 1 aromatic heterocycles. The number of aliphatic hydroxyl groups is 1. The lowest BCUT2D eigenvalue weighted by molar-refractivity contribution is -0.384. The Kier molecular flexibility index (Phi) is 4.30. The van der Waals surface area contributed by atoms with Gasteiger partial charge in [-0.25, -0.2) is 4.98 Å². The molecule has 7 heteroatoms. The summed E-state index contributed by atoms with van der Waals surface area (Å²) in [4.78, 5) is 16.6. The Morgan fingerprint density at radius 2 is 2.24 bits per heavy atom. The van der Waals surface area contributed by atoms with E-state index in [4.69, 9.17) is 5.11 Å². The standard InChI is InChI=1S/C14H14N4O3/c1-2-17(5-6-19)14-7-10(9-15)12-8-11(18(20)21)3-4-13(12)16-14/h3-4,7-8,19H,2,5-6H2,1H3. The van der Waals surface area contributed by atoms with E-state index >= 15 is 0 Å². The van der Waals surface area contributed by atoms with Crippen molar-refractivity contribution in [3.8, 4) is 6.07 Å². The Labute approximate surface area is 121 Å². The van der Waals surface area contributed by atoms with Crippen LogP contribution in [0.2, 0.25) is 0 Å². The number of nitro groups is 1. The van der Waals surface area contributed by atoms with Gasteiger partial charge in [-0.1, -0.05) is 0 Å². The minimum absolute atomic E-state index is 0.0181. The Morgan fingerprint density at radius 3 is 2.81 bits per heavy atom. The van der Waals surface area contributed by atoms with Crippen LogP contribution >= 0.6 is 0 Å². The Bertz CT molecular complexity index is 724. The average molecular weight is 286 g/mol. The fourth-order valence-corrected chi connectivity index (χ4v) is 2.12. The van der Waals surface area contributed by atoms with Gasteiger partial charge < -0.3 is 10.0 Å². The number of rotatable bonds is 5. The quantitative estimate of drug-likeness (QED) is 0.664. The van der Waals surface area contributed by atoms with Crippen LogP contribution in [-0.4, -0.2) is 34.7 Å². The van der Waals surface area contributed by atoms with Crippen molar-refractivity contribution >= 4 is 22.4 Å². The maximum atomic E-state index is 10.8. The van der Waals surface area contributed by atoms with E-state index in [0.717, 1.165) is 0 Å². The third kappa shape index (κ3) is 2.90. The van der Waals surface area contributed by atoms with Gasteiger partial charge in [-0.15, -0.1) is 0 Å². The molecule has 0 aliphatic rings. The van der Waals surface area contributed by atoms with Gasteiger partial charge in [-0.05, 0) is 19.1 Å². The monoisotopic (exact) mass is 286 g/mol. The highest BCUT2D eigenvalue weighted by molar-refractivity contribution is 5.88. The van der Waals surface area contributed by atoms with Gasteiger partial charge in [0, 0.05) is 30.6 Å². The molecule has 0 saturated carbocycles. The first-order valence-corrected chi connectivity index (χ1v) is 6.45. The van der Waals surface area contributed by atoms with Gasteiger partial charge in [0.25, 0.3) is 5.69 Å². The summed E-state index contributed by atoms with van der Waals surface area (Å²) >= 11 is 0. The molecule has 0 saturated heterocycles. The van der Waals surface area contributed by atoms with E-state index in [1.807, 2.05) is 17.9 Å². The van der Waals surface area contributed by atoms with E-state index in [2.05, 4.69) is 4.98 Å². The SMILES string of the molecule is CCN(CCO)c1cc(C#N)c2cc([N+](=O)[O-])ccc2n1. The van der Waals surface area contributed by atoms with Gasteiger partial charge in [0.1, 0.15) is 5.82 Å². The lowest BCUT2D eigenvalue weighted by Gasteiger charge is -2.21. The van der Waals surface area contributed by atoms with E-state index in [1.54, 1.807) is 6.07 Å². The summed E-state index contributed by atoms with van der Waals surface area (Å²) in [5, 5.41) is 29.6. The summed E-state index contributed by atoms with van der Waals surface area (Å²) in [6.07, 6.45) is 0. The molecule has 1 heterocycles. The number of pyridine rings is 1. The van der Waals surface area contributed by atoms with E-state index < -0.39 is 4.92 Å². The zero-order chi connectivity index (χ0) is 15.4. The molecule has 7 nitrogen and oxygen atoms in total. The molecule has 0 bridgehead atoms. The molecule has 0 fully saturated rings. The molecule has 2 rings (SSSR count). The second-order valence-electron chi connectivity index (χ2n) is 4.40. The zero-order valence-electron chi connectivity index (χ0n) is 11.5. The number of hydrogen-bond acceptors (Lipinski definition) is 6. The minimum Gasteiger partial charge on any atom is -0.395 e. The highest BCUT2D eigenvalue weighted by Crippen LogP contribution is 2.26. The van der Waals surface area contributed by atoms with E-state index in [9.17, 15) is 15.4 Å². The maximum Gasteiger partial charge on any atom is 0.270 e. The summed E-state index contributed by atoms with van der Waals surface area (Å²) in [7, 11) is 0. The highest BCUT2D eigenvalue weighted by Gasteiger charge is 2.14. The van der Waals surface area contributed by atoms with Crippen LogP contribution in [0, 0.1) is 21.4 Å². The van der Waals surface area contributed by atoms with Crippen LogP contribution in [0.1, 0.15) is 12.5 Å². The molecule has 21 heavy (non-hydrogen) atoms. The van der Waals surface area contributed by atoms with Gasteiger partial charge in [-0.3, -0.25) is 10.1 Å². The predicted molar refractivity (Wildman–Crippen MR) is 78.1 cm³/mol. The Morgan fingerprint density at radius 1 is 1.48 bits per heavy atom. The maximum absolute atomic E-state index is 10.8. The summed E-state index contributed by atoms with van der Waals surface area (Å²) in [5.41, 5.74) is 0.775. The van der Waals surface area contributed by atoms with E-state index in [1.165, 1.54) is 18.2 Å². The third-order valence-electron chi connectivity index (χ3n) is 3.19. The lowest BCUT2D eigenvalue weighted by atomic mass is 10.1. The molecule has 0 atom stereocenters. The Hall–Kier alpha value is -2.72. The number of aromatic nitrogens is 1. The molecular weight excluding hydrogens is 272 g/mol. The normalized spacial score (nSPS) is 10.3. The van der Waals surface area contributed by atoms with Crippen LogP contribution in [0.25, 0.3) is 10.9 Å². The predicted octanol–water partition coefficient (Wildman–Crippen LogP) is 1.83. The van der Waals surface area contributed by atoms with Crippen molar-refractivity contribution in [1.82, 2.24) is 4.98 Å². The van der Waals surface area contributed by atoms with Gasteiger partial charge in [0.15, 0.2) is 0 Å². The number of nitro benzene ring substituents is 1. The summed E-state index contributed by atoms with van der Waals surface area (Å²) in [5.74, 6) is 0.574. The van der Waals surface area contributed by atoms with Gasteiger partial charge >= 0.3 is 0 Å². The number of nitriles is 1. The van der Waals surface area contributed by atoms with E-state index in [-0.39, 0.29) is 12.3 Å². The van der Waals surface area contributed by atoms with Crippen molar-refractivity contribution in [2.75, 3.05) is 24.6 Å². The number of non-ortho nitro benzene ring substituents is 1. The molecule has 0 radical (unpaired) electrons. The van der Waals surface area contributed by atoms with Gasteiger partial charge in [0.05, 0.1) is 28.7 Å². The number of likely N-dealkylation sites (N-methyl/N-ethyl adjacent to an activating group) is 1. The summed E-state index contributed by atoms with van der Waals surface area (Å²) in [6.45, 7) is 2.95. The van der Waals surface area contributed by atoms with Gasteiger partial charge in [0.2, 0.25) is 0 Å². The molecule has 2 aromatic rings. The number of hydrogen-bond donors (Lipinski definition) is 1. The van der Waals surface area contributed by atoms with Gasteiger partial charge in [-0.2, -0.15) is 5.26 Å². The molecule has 0 amide bonds. The number of fused-ring (bicyclic) bond motifs is 1. The van der Waals surface area contributed by atoms with Crippen molar-refractivity contribution in [2.24, 2.45) is 0 Å². The van der Waals surface area contributed by atoms with Crippen LogP contribution in [0.15, 0.2) is 24.3 Å². The molecule has 108 valence electrons. The van der Waals surface area contributed by atoms with Crippen molar-refractivity contribution in [2.45, 2.75) is 6.92 Å². The molecule has 0 unspecified atom stereocenters. The fraction of sp³-hybridized carbons (Fsp3) is 0.286. The average Bonchev–Trinajstić information content (AvgIpc) is 2.50. The first kappa shape index (κ1) is 14.7. The smallest absolute Gasteiger partial charge is 0.270 e. The number of aliphatic hydroxyl groups excluding tert-OH is 1. The first-order valence-electron chi connectivity index (χ1n) is 6.45. The van der Waals surface area contributed by atoms with Crippen LogP contribution in [-0.2, 0) is 0 Å². The molecule has 0 aliphatic heterocycles. The molecule has 1 aromatic carbocycles. The van der Waals surface area contributed by atoms with Crippen molar-refractivity contribution < 1.29 is 10.0 Å². The van der Waals surface area contributed by atoms with Crippen LogP contribution in [0.3, 0.4) is 0 Å². The van der Waals surface area contributed by atoms with Crippen LogP contribution < -0.4 is 4.90 Å². The minimum atomic E-state index is -0.501. The Balaban J connectivity index is 2.61. The number of anilines is 1.